The second kappa shape index (κ2) is 8.60. The maximum Gasteiger partial charge on any atom is 0.390 e. The van der Waals surface area contributed by atoms with Gasteiger partial charge in [-0.3, -0.25) is 4.79 Å². The van der Waals surface area contributed by atoms with E-state index in [0.717, 1.165) is 18.4 Å². The third kappa shape index (κ3) is 4.68. The van der Waals surface area contributed by atoms with Gasteiger partial charge >= 0.3 is 5.82 Å². The molecule has 0 bridgehead atoms. The Morgan fingerprint density at radius 3 is 2.35 bits per heavy atom. The second-order valence-electron chi connectivity index (χ2n) is 6.56. The number of rotatable bonds is 8. The van der Waals surface area contributed by atoms with Crippen molar-refractivity contribution in [2.45, 2.75) is 59.0 Å². The van der Waals surface area contributed by atoms with Crippen LogP contribution in [0.3, 0.4) is 0 Å². The minimum Gasteiger partial charge on any atom is -0.358 e. The van der Waals surface area contributed by atoms with Crippen molar-refractivity contribution in [3.05, 3.63) is 57.3 Å². The molecule has 2 atom stereocenters. The summed E-state index contributed by atoms with van der Waals surface area (Å²) in [6.07, 6.45) is 1.84. The van der Waals surface area contributed by atoms with Crippen LogP contribution in [0.2, 0.25) is 0 Å². The molecule has 140 valence electrons. The number of carbonyl (C=O) groups excluding carboxylic acids is 1. The van der Waals surface area contributed by atoms with Crippen molar-refractivity contribution in [2.24, 2.45) is 0 Å². The Bertz CT molecular complexity index is 768. The Labute approximate surface area is 153 Å². The van der Waals surface area contributed by atoms with E-state index in [1.165, 1.54) is 16.3 Å². The fourth-order valence-corrected chi connectivity index (χ4v) is 2.83. The van der Waals surface area contributed by atoms with E-state index in [2.05, 4.69) is 48.5 Å². The van der Waals surface area contributed by atoms with E-state index < -0.39 is 4.92 Å². The topological polar surface area (TPSA) is 90.1 Å². The Hall–Kier alpha value is -2.70. The van der Waals surface area contributed by atoms with Crippen LogP contribution >= 0.6 is 0 Å². The quantitative estimate of drug-likeness (QED) is 0.573. The van der Waals surface area contributed by atoms with E-state index >= 15 is 0 Å². The van der Waals surface area contributed by atoms with Crippen LogP contribution in [0.5, 0.6) is 0 Å². The van der Waals surface area contributed by atoms with E-state index in [0.29, 0.717) is 11.6 Å². The fraction of sp³-hybridized carbons (Fsp3) is 0.474. The smallest absolute Gasteiger partial charge is 0.358 e. The summed E-state index contributed by atoms with van der Waals surface area (Å²) in [5.41, 5.74) is 2.92. The van der Waals surface area contributed by atoms with Crippen molar-refractivity contribution in [1.82, 2.24) is 15.1 Å². The summed E-state index contributed by atoms with van der Waals surface area (Å²) in [6, 6.07) is 9.59. The lowest BCUT2D eigenvalue weighted by Gasteiger charge is -2.18. The van der Waals surface area contributed by atoms with Gasteiger partial charge in [0.1, 0.15) is 6.54 Å². The highest BCUT2D eigenvalue weighted by molar-refractivity contribution is 5.76. The average molecular weight is 358 g/mol. The molecule has 7 heteroatoms. The van der Waals surface area contributed by atoms with Crippen molar-refractivity contribution in [3.63, 3.8) is 0 Å². The lowest BCUT2D eigenvalue weighted by Crippen LogP contribution is -2.31. The SMILES string of the molecule is CCC(C)c1ccc(C(CC)NC(=O)Cn2nc([N+](=O)[O-])cc2C)cc1. The highest BCUT2D eigenvalue weighted by Gasteiger charge is 2.19. The molecule has 0 aliphatic carbocycles. The molecule has 2 unspecified atom stereocenters. The van der Waals surface area contributed by atoms with Crippen molar-refractivity contribution in [3.8, 4) is 0 Å². The molecule has 0 radical (unpaired) electrons. The van der Waals surface area contributed by atoms with Gasteiger partial charge in [-0.1, -0.05) is 45.0 Å². The minimum absolute atomic E-state index is 0.0405. The molecular weight excluding hydrogens is 332 g/mol. The minimum atomic E-state index is -0.560. The van der Waals surface area contributed by atoms with Gasteiger partial charge in [-0.15, -0.1) is 0 Å². The molecule has 0 fully saturated rings. The van der Waals surface area contributed by atoms with Gasteiger partial charge in [0.25, 0.3) is 0 Å². The number of hydrogen-bond acceptors (Lipinski definition) is 4. The van der Waals surface area contributed by atoms with Crippen molar-refractivity contribution in [1.29, 1.82) is 0 Å². The van der Waals surface area contributed by atoms with Crippen molar-refractivity contribution >= 4 is 11.7 Å². The third-order valence-electron chi connectivity index (χ3n) is 4.71. The Morgan fingerprint density at radius 2 is 1.85 bits per heavy atom. The largest absolute Gasteiger partial charge is 0.390 e. The predicted molar refractivity (Wildman–Crippen MR) is 99.9 cm³/mol. The van der Waals surface area contributed by atoms with Gasteiger partial charge in [0.15, 0.2) is 0 Å². The molecule has 1 aromatic heterocycles. The number of nitro groups is 1. The highest BCUT2D eigenvalue weighted by Crippen LogP contribution is 2.22. The molecule has 0 aliphatic heterocycles. The first-order valence-electron chi connectivity index (χ1n) is 8.93. The normalized spacial score (nSPS) is 13.2. The maximum absolute atomic E-state index is 12.4. The molecule has 2 rings (SSSR count). The lowest BCUT2D eigenvalue weighted by molar-refractivity contribution is -0.389. The monoisotopic (exact) mass is 358 g/mol. The first-order valence-corrected chi connectivity index (χ1v) is 8.93. The van der Waals surface area contributed by atoms with E-state index in [4.69, 9.17) is 0 Å². The van der Waals surface area contributed by atoms with Gasteiger partial charge in [0.05, 0.1) is 22.9 Å². The Balaban J connectivity index is 2.05. The van der Waals surface area contributed by atoms with Gasteiger partial charge in [0.2, 0.25) is 5.91 Å². The number of carbonyl (C=O) groups is 1. The first-order chi connectivity index (χ1) is 12.3. The first kappa shape index (κ1) is 19.6. The van der Waals surface area contributed by atoms with Crippen LogP contribution in [0.15, 0.2) is 30.3 Å². The lowest BCUT2D eigenvalue weighted by atomic mass is 9.95. The molecule has 26 heavy (non-hydrogen) atoms. The molecule has 1 heterocycles. The number of hydrogen-bond donors (Lipinski definition) is 1. The summed E-state index contributed by atoms with van der Waals surface area (Å²) in [5.74, 6) is 0.0456. The molecule has 1 N–H and O–H groups in total. The van der Waals surface area contributed by atoms with Crippen molar-refractivity contribution < 1.29 is 9.72 Å². The summed E-state index contributed by atoms with van der Waals surface area (Å²) < 4.78 is 1.35. The molecule has 1 aromatic carbocycles. The molecule has 2 aromatic rings. The molecule has 1 amide bonds. The fourth-order valence-electron chi connectivity index (χ4n) is 2.83. The standard InChI is InChI=1S/C19H26N4O3/c1-5-13(3)15-7-9-16(10-8-15)17(6-2)20-19(24)12-22-14(4)11-18(21-22)23(25)26/h7-11,13,17H,5-6,12H2,1-4H3,(H,20,24). The third-order valence-corrected chi connectivity index (χ3v) is 4.71. The molecule has 0 aliphatic rings. The number of aryl methyl sites for hydroxylation is 1. The van der Waals surface area contributed by atoms with Gasteiger partial charge in [0, 0.05) is 0 Å². The molecule has 7 nitrogen and oxygen atoms in total. The number of benzene rings is 1. The average Bonchev–Trinajstić information content (AvgIpc) is 3.00. The summed E-state index contributed by atoms with van der Waals surface area (Å²) >= 11 is 0. The second-order valence-corrected chi connectivity index (χ2v) is 6.56. The van der Waals surface area contributed by atoms with Crippen molar-refractivity contribution in [2.75, 3.05) is 0 Å². The molecule has 0 saturated carbocycles. The van der Waals surface area contributed by atoms with Crippen LogP contribution in [0.1, 0.15) is 62.4 Å². The van der Waals surface area contributed by atoms with Gasteiger partial charge in [-0.2, -0.15) is 4.68 Å². The summed E-state index contributed by atoms with van der Waals surface area (Å²) in [7, 11) is 0. The van der Waals surface area contributed by atoms with Crippen LogP contribution in [0.25, 0.3) is 0 Å². The molecule has 0 spiro atoms. The molecular formula is C19H26N4O3. The summed E-state index contributed by atoms with van der Waals surface area (Å²) in [6.45, 7) is 8.02. The Morgan fingerprint density at radius 1 is 1.23 bits per heavy atom. The summed E-state index contributed by atoms with van der Waals surface area (Å²) in [4.78, 5) is 22.6. The van der Waals surface area contributed by atoms with E-state index in [1.807, 2.05) is 6.92 Å². The van der Waals surface area contributed by atoms with Gasteiger partial charge in [-0.05, 0) is 41.7 Å². The van der Waals surface area contributed by atoms with Crippen LogP contribution in [-0.2, 0) is 11.3 Å². The zero-order valence-electron chi connectivity index (χ0n) is 15.7. The number of amides is 1. The van der Waals surface area contributed by atoms with Crippen LogP contribution < -0.4 is 5.32 Å². The molecule has 0 saturated heterocycles. The number of aromatic nitrogens is 2. The Kier molecular flexibility index (Phi) is 6.49. The van der Waals surface area contributed by atoms with Gasteiger partial charge in [-0.25, -0.2) is 0 Å². The number of nitrogens with zero attached hydrogens (tertiary/aromatic N) is 3. The van der Waals surface area contributed by atoms with Crippen LogP contribution in [-0.4, -0.2) is 20.6 Å². The summed E-state index contributed by atoms with van der Waals surface area (Å²) in [5, 5.41) is 17.6. The zero-order valence-corrected chi connectivity index (χ0v) is 15.7. The van der Waals surface area contributed by atoms with E-state index in [9.17, 15) is 14.9 Å². The maximum atomic E-state index is 12.4. The van der Waals surface area contributed by atoms with E-state index in [-0.39, 0.29) is 24.3 Å². The van der Waals surface area contributed by atoms with Gasteiger partial charge < -0.3 is 15.4 Å². The highest BCUT2D eigenvalue weighted by atomic mass is 16.6. The number of nitrogens with one attached hydrogen (secondary N) is 1. The van der Waals surface area contributed by atoms with Crippen LogP contribution in [0.4, 0.5) is 5.82 Å². The van der Waals surface area contributed by atoms with E-state index in [1.54, 1.807) is 6.92 Å². The van der Waals surface area contributed by atoms with Crippen LogP contribution in [0, 0.1) is 17.0 Å². The predicted octanol–water partition coefficient (Wildman–Crippen LogP) is 3.88. The zero-order chi connectivity index (χ0) is 19.3.